The summed E-state index contributed by atoms with van der Waals surface area (Å²) in [6, 6.07) is 3.82. The molecule has 0 atom stereocenters. The molecule has 0 amide bonds. The number of rotatable bonds is 2. The van der Waals surface area contributed by atoms with Crippen LogP contribution in [0.2, 0.25) is 0 Å². The van der Waals surface area contributed by atoms with Crippen molar-refractivity contribution < 1.29 is 9.21 Å². The number of carbonyl (C=O) groups is 1. The second-order valence-corrected chi connectivity index (χ2v) is 5.13. The zero-order chi connectivity index (χ0) is 10.1. The van der Waals surface area contributed by atoms with Crippen molar-refractivity contribution in [3.8, 4) is 10.6 Å². The van der Waals surface area contributed by atoms with Crippen LogP contribution in [0.5, 0.6) is 0 Å². The molecule has 5 heteroatoms. The summed E-state index contributed by atoms with van der Waals surface area (Å²) < 4.78 is 6.14. The minimum atomic E-state index is 0.289. The topological polar surface area (TPSA) is 43.1 Å². The van der Waals surface area contributed by atoms with Crippen LogP contribution >= 0.6 is 27.3 Å². The fourth-order valence-electron chi connectivity index (χ4n) is 1.14. The Morgan fingerprint density at radius 2 is 2.36 bits per heavy atom. The Hall–Kier alpha value is -0.940. The van der Waals surface area contributed by atoms with Crippen LogP contribution in [-0.2, 0) is 0 Å². The second kappa shape index (κ2) is 3.67. The number of nitrogens with zero attached hydrogens (tertiary/aromatic N) is 1. The number of aryl methyl sites for hydroxylation is 1. The van der Waals surface area contributed by atoms with E-state index in [9.17, 15) is 4.79 Å². The molecule has 2 heterocycles. The molecule has 0 saturated heterocycles. The molecule has 0 aliphatic heterocycles. The smallest absolute Gasteiger partial charge is 0.195 e. The molecule has 0 unspecified atom stereocenters. The predicted octanol–water partition coefficient (Wildman–Crippen LogP) is 3.29. The van der Waals surface area contributed by atoms with Crippen molar-refractivity contribution in [1.82, 2.24) is 4.98 Å². The van der Waals surface area contributed by atoms with Gasteiger partial charge in [0.2, 0.25) is 0 Å². The van der Waals surface area contributed by atoms with Gasteiger partial charge in [-0.25, -0.2) is 4.98 Å². The number of carbonyl (C=O) groups excluding carboxylic acids is 1. The Labute approximate surface area is 92.9 Å². The molecule has 2 rings (SSSR count). The van der Waals surface area contributed by atoms with Gasteiger partial charge < -0.3 is 4.42 Å². The summed E-state index contributed by atoms with van der Waals surface area (Å²) in [6.45, 7) is 1.72. The van der Waals surface area contributed by atoms with Gasteiger partial charge in [-0.1, -0.05) is 0 Å². The van der Waals surface area contributed by atoms with Gasteiger partial charge in [-0.3, -0.25) is 4.79 Å². The highest BCUT2D eigenvalue weighted by Crippen LogP contribution is 2.32. The number of oxazole rings is 1. The van der Waals surface area contributed by atoms with Gasteiger partial charge in [-0.2, -0.15) is 0 Å². The number of hydrogen-bond acceptors (Lipinski definition) is 4. The zero-order valence-electron chi connectivity index (χ0n) is 7.28. The maximum Gasteiger partial charge on any atom is 0.195 e. The molecule has 0 saturated carbocycles. The van der Waals surface area contributed by atoms with Gasteiger partial charge in [0, 0.05) is 6.92 Å². The van der Waals surface area contributed by atoms with Gasteiger partial charge in [0.15, 0.2) is 17.9 Å². The first-order valence-electron chi connectivity index (χ1n) is 3.89. The molecule has 2 aromatic rings. The zero-order valence-corrected chi connectivity index (χ0v) is 9.68. The van der Waals surface area contributed by atoms with Crippen LogP contribution in [0, 0.1) is 6.92 Å². The SMILES string of the molecule is Cc1nc(-c2ccc(Br)s2)c(C=O)o1. The first-order chi connectivity index (χ1) is 6.70. The van der Waals surface area contributed by atoms with Crippen LogP contribution < -0.4 is 0 Å². The van der Waals surface area contributed by atoms with E-state index in [1.165, 1.54) is 11.3 Å². The highest BCUT2D eigenvalue weighted by atomic mass is 79.9. The van der Waals surface area contributed by atoms with Crippen molar-refractivity contribution >= 4 is 33.6 Å². The molecule has 0 aliphatic carbocycles. The maximum absolute atomic E-state index is 10.7. The standard InChI is InChI=1S/C9H6BrNO2S/c1-5-11-9(6(4-12)13-5)7-2-3-8(10)14-7/h2-4H,1H3. The van der Waals surface area contributed by atoms with Crippen LogP contribution in [0.15, 0.2) is 20.3 Å². The van der Waals surface area contributed by atoms with Crippen molar-refractivity contribution in [2.24, 2.45) is 0 Å². The van der Waals surface area contributed by atoms with E-state index in [-0.39, 0.29) is 5.76 Å². The van der Waals surface area contributed by atoms with Gasteiger partial charge in [-0.15, -0.1) is 11.3 Å². The lowest BCUT2D eigenvalue weighted by Crippen LogP contribution is -1.79. The van der Waals surface area contributed by atoms with Crippen LogP contribution in [0.25, 0.3) is 10.6 Å². The molecule has 0 spiro atoms. The van der Waals surface area contributed by atoms with E-state index in [1.807, 2.05) is 12.1 Å². The number of hydrogen-bond donors (Lipinski definition) is 0. The Morgan fingerprint density at radius 3 is 2.93 bits per heavy atom. The second-order valence-electron chi connectivity index (χ2n) is 2.67. The summed E-state index contributed by atoms with van der Waals surface area (Å²) in [5.41, 5.74) is 0.619. The normalized spacial score (nSPS) is 10.4. The average molecular weight is 272 g/mol. The minimum absolute atomic E-state index is 0.289. The molecule has 0 aliphatic rings. The molecule has 0 radical (unpaired) electrons. The van der Waals surface area contributed by atoms with E-state index >= 15 is 0 Å². The van der Waals surface area contributed by atoms with Crippen molar-refractivity contribution in [3.63, 3.8) is 0 Å². The van der Waals surface area contributed by atoms with E-state index in [0.717, 1.165) is 8.66 Å². The number of halogens is 1. The molecule has 3 nitrogen and oxygen atoms in total. The molecule has 0 bridgehead atoms. The van der Waals surface area contributed by atoms with Crippen LogP contribution in [0.4, 0.5) is 0 Å². The van der Waals surface area contributed by atoms with Crippen molar-refractivity contribution in [1.29, 1.82) is 0 Å². The Morgan fingerprint density at radius 1 is 1.57 bits per heavy atom. The Balaban J connectivity index is 2.55. The van der Waals surface area contributed by atoms with Gasteiger partial charge >= 0.3 is 0 Å². The molecule has 0 N–H and O–H groups in total. The van der Waals surface area contributed by atoms with E-state index < -0.39 is 0 Å². The monoisotopic (exact) mass is 271 g/mol. The van der Waals surface area contributed by atoms with Crippen molar-refractivity contribution in [2.75, 3.05) is 0 Å². The molecule has 0 fully saturated rings. The van der Waals surface area contributed by atoms with E-state index in [2.05, 4.69) is 20.9 Å². The first-order valence-corrected chi connectivity index (χ1v) is 5.50. The Bertz CT molecular complexity index is 475. The summed E-state index contributed by atoms with van der Waals surface area (Å²) in [5.74, 6) is 0.795. The first kappa shape index (κ1) is 9.61. The van der Waals surface area contributed by atoms with E-state index in [4.69, 9.17) is 4.42 Å². The summed E-state index contributed by atoms with van der Waals surface area (Å²) >= 11 is 4.87. The lowest BCUT2D eigenvalue weighted by Gasteiger charge is -1.87. The number of aldehydes is 1. The molecular formula is C9H6BrNO2S. The molecule has 14 heavy (non-hydrogen) atoms. The summed E-state index contributed by atoms with van der Waals surface area (Å²) in [4.78, 5) is 15.8. The van der Waals surface area contributed by atoms with Gasteiger partial charge in [0.25, 0.3) is 0 Å². The molecule has 2 aromatic heterocycles. The molecule has 72 valence electrons. The third-order valence-electron chi connectivity index (χ3n) is 1.67. The fourth-order valence-corrected chi connectivity index (χ4v) is 2.52. The fraction of sp³-hybridized carbons (Fsp3) is 0.111. The summed E-state index contributed by atoms with van der Waals surface area (Å²) in [7, 11) is 0. The van der Waals surface area contributed by atoms with Crippen molar-refractivity contribution in [3.05, 3.63) is 27.6 Å². The van der Waals surface area contributed by atoms with Crippen LogP contribution in [0.3, 0.4) is 0 Å². The van der Waals surface area contributed by atoms with Crippen LogP contribution in [-0.4, -0.2) is 11.3 Å². The average Bonchev–Trinajstić information content (AvgIpc) is 2.71. The summed E-state index contributed by atoms with van der Waals surface area (Å²) in [6.07, 6.45) is 0.683. The quantitative estimate of drug-likeness (QED) is 0.788. The Kier molecular flexibility index (Phi) is 2.52. The lowest BCUT2D eigenvalue weighted by molar-refractivity contribution is 0.110. The number of thiophene rings is 1. The number of aromatic nitrogens is 1. The highest BCUT2D eigenvalue weighted by Gasteiger charge is 2.13. The van der Waals surface area contributed by atoms with Crippen molar-refractivity contribution in [2.45, 2.75) is 6.92 Å². The molecular weight excluding hydrogens is 266 g/mol. The van der Waals surface area contributed by atoms with E-state index in [0.29, 0.717) is 17.9 Å². The van der Waals surface area contributed by atoms with Gasteiger partial charge in [0.1, 0.15) is 5.69 Å². The highest BCUT2D eigenvalue weighted by molar-refractivity contribution is 9.11. The molecule has 0 aromatic carbocycles. The predicted molar refractivity (Wildman–Crippen MR) is 57.6 cm³/mol. The lowest BCUT2D eigenvalue weighted by atomic mass is 10.3. The maximum atomic E-state index is 10.7. The van der Waals surface area contributed by atoms with E-state index in [1.54, 1.807) is 6.92 Å². The van der Waals surface area contributed by atoms with Gasteiger partial charge in [-0.05, 0) is 28.1 Å². The largest absolute Gasteiger partial charge is 0.437 e. The van der Waals surface area contributed by atoms with Crippen LogP contribution in [0.1, 0.15) is 16.4 Å². The van der Waals surface area contributed by atoms with Gasteiger partial charge in [0.05, 0.1) is 8.66 Å². The third kappa shape index (κ3) is 1.65. The summed E-state index contributed by atoms with van der Waals surface area (Å²) in [5, 5.41) is 0. The minimum Gasteiger partial charge on any atom is -0.437 e. The third-order valence-corrected chi connectivity index (χ3v) is 3.30.